The highest BCUT2D eigenvalue weighted by Crippen LogP contribution is 2.30. The van der Waals surface area contributed by atoms with Crippen LogP contribution in [0.25, 0.3) is 11.1 Å². The number of nitrogens with one attached hydrogen (secondary N) is 4. The number of alkyl halides is 6. The van der Waals surface area contributed by atoms with Gasteiger partial charge in [0.2, 0.25) is 11.8 Å². The monoisotopic (exact) mass is 712 g/mol. The number of amidine groups is 1. The summed E-state index contributed by atoms with van der Waals surface area (Å²) in [6.07, 6.45) is -4.93. The van der Waals surface area contributed by atoms with E-state index in [9.17, 15) is 35.9 Å². The first-order valence-electron chi connectivity index (χ1n) is 14.6. The fourth-order valence-corrected chi connectivity index (χ4v) is 4.43. The van der Waals surface area contributed by atoms with E-state index in [1.54, 1.807) is 25.3 Å². The molecule has 0 radical (unpaired) electrons. The molecule has 0 unspecified atom stereocenters. The van der Waals surface area contributed by atoms with E-state index >= 15 is 0 Å². The largest absolute Gasteiger partial charge is 0.490 e. The van der Waals surface area contributed by atoms with Crippen LogP contribution in [0.5, 0.6) is 0 Å². The highest BCUT2D eigenvalue weighted by Gasteiger charge is 2.39. The molecular weight excluding hydrogens is 678 g/mol. The highest BCUT2D eigenvalue weighted by molar-refractivity contribution is 5.95. The van der Waals surface area contributed by atoms with Crippen molar-refractivity contribution in [2.75, 3.05) is 6.54 Å². The summed E-state index contributed by atoms with van der Waals surface area (Å²) in [5.41, 5.74) is 10.4. The number of nitrogen functional groups attached to an aromatic ring is 1. The van der Waals surface area contributed by atoms with Gasteiger partial charge in [-0.1, -0.05) is 54.6 Å². The van der Waals surface area contributed by atoms with Gasteiger partial charge in [0.1, 0.15) is 11.9 Å². The van der Waals surface area contributed by atoms with Crippen LogP contribution in [-0.2, 0) is 25.7 Å². The molecule has 0 saturated carbocycles. The van der Waals surface area contributed by atoms with Gasteiger partial charge in [0.25, 0.3) is 0 Å². The first kappa shape index (κ1) is 40.7. The number of carboxylic acids is 2. The number of piperidine rings is 1. The molecule has 3 aromatic rings. The number of benzene rings is 2. The fourth-order valence-electron chi connectivity index (χ4n) is 4.43. The summed E-state index contributed by atoms with van der Waals surface area (Å²) in [4.78, 5) is 47.4. The summed E-state index contributed by atoms with van der Waals surface area (Å²) < 4.78 is 63.5. The van der Waals surface area contributed by atoms with Crippen LogP contribution in [0.3, 0.4) is 0 Å². The lowest BCUT2D eigenvalue weighted by Crippen LogP contribution is -2.53. The third kappa shape index (κ3) is 13.5. The van der Waals surface area contributed by atoms with E-state index < -0.39 is 30.3 Å². The van der Waals surface area contributed by atoms with Crippen LogP contribution in [0.15, 0.2) is 73.1 Å². The van der Waals surface area contributed by atoms with E-state index in [-0.39, 0.29) is 29.6 Å². The Hall–Kier alpha value is -5.52. The number of pyridine rings is 1. The molecule has 0 spiro atoms. The van der Waals surface area contributed by atoms with Gasteiger partial charge in [-0.2, -0.15) is 26.3 Å². The predicted molar refractivity (Wildman–Crippen MR) is 168 cm³/mol. The second-order valence-corrected chi connectivity index (χ2v) is 10.8. The summed E-state index contributed by atoms with van der Waals surface area (Å²) in [7, 11) is 0. The zero-order valence-corrected chi connectivity index (χ0v) is 26.3. The Kier molecular flexibility index (Phi) is 14.9. The van der Waals surface area contributed by atoms with Crippen molar-refractivity contribution in [3.8, 4) is 11.1 Å². The molecule has 8 N–H and O–H groups in total. The number of nitrogens with zero attached hydrogens (tertiary/aromatic N) is 1. The van der Waals surface area contributed by atoms with Gasteiger partial charge in [-0.15, -0.1) is 0 Å². The number of hydrogen-bond acceptors (Lipinski definition) is 7. The average molecular weight is 713 g/mol. The summed E-state index contributed by atoms with van der Waals surface area (Å²) >= 11 is 0. The minimum atomic E-state index is -5.08. The Morgan fingerprint density at radius 1 is 0.940 bits per heavy atom. The molecule has 1 aromatic heterocycles. The summed E-state index contributed by atoms with van der Waals surface area (Å²) in [5, 5.41) is 30.7. The zero-order valence-electron chi connectivity index (χ0n) is 26.3. The molecule has 2 heterocycles. The molecule has 1 saturated heterocycles. The number of rotatable bonds is 8. The van der Waals surface area contributed by atoms with Crippen molar-refractivity contribution in [1.29, 1.82) is 5.41 Å². The zero-order chi connectivity index (χ0) is 37.6. The molecule has 0 bridgehead atoms. The molecule has 1 aliphatic rings. The predicted octanol–water partition coefficient (Wildman–Crippen LogP) is 3.96. The summed E-state index contributed by atoms with van der Waals surface area (Å²) in [6, 6.07) is 18.5. The van der Waals surface area contributed by atoms with Crippen LogP contribution in [0.4, 0.5) is 26.3 Å². The van der Waals surface area contributed by atoms with Crippen molar-refractivity contribution in [2.24, 2.45) is 5.73 Å². The lowest BCUT2D eigenvalue weighted by molar-refractivity contribution is -0.193. The van der Waals surface area contributed by atoms with Gasteiger partial charge in [0.15, 0.2) is 0 Å². The second kappa shape index (κ2) is 18.3. The first-order valence-corrected chi connectivity index (χ1v) is 14.6. The van der Waals surface area contributed by atoms with Gasteiger partial charge in [-0.3, -0.25) is 20.0 Å². The molecule has 0 aliphatic carbocycles. The number of aliphatic carboxylic acids is 2. The highest BCUT2D eigenvalue weighted by atomic mass is 19.4. The summed E-state index contributed by atoms with van der Waals surface area (Å²) in [6.45, 7) is 2.75. The van der Waals surface area contributed by atoms with Gasteiger partial charge in [-0.25, -0.2) is 9.59 Å². The Balaban J connectivity index is 0.000000521. The van der Waals surface area contributed by atoms with E-state index in [1.165, 1.54) is 5.56 Å². The van der Waals surface area contributed by atoms with Crippen LogP contribution in [0, 0.1) is 5.41 Å². The first-order chi connectivity index (χ1) is 23.3. The SMILES string of the molecule is C[C@H](NC(=O)[C@H]1C[C@@H](c2ccc(-c3cccnc3)cc2)CCN1)C(=O)NCc1ccc(C(=N)N)cc1.O=C(O)C(F)(F)F.O=C(O)C(F)(F)F. The van der Waals surface area contributed by atoms with Crippen LogP contribution < -0.4 is 21.7 Å². The Bertz CT molecular complexity index is 1580. The number of carboxylic acid groups (broad SMARTS) is 2. The lowest BCUT2D eigenvalue weighted by Gasteiger charge is -2.30. The van der Waals surface area contributed by atoms with Gasteiger partial charge in [0.05, 0.1) is 6.04 Å². The standard InChI is InChI=1S/C28H32N6O2.2C2HF3O2/c1-18(27(35)33-16-19-4-6-22(7-5-19)26(29)30)34-28(36)25-15-23(12-14-32-25)20-8-10-21(11-9-20)24-3-2-13-31-17-24;2*3-2(4,5)1(6)7/h2-11,13,17-18,23,25,32H,12,14-16H2,1H3,(H3,29,30)(H,33,35)(H,34,36);2*(H,6,7)/t18-,23-,25+;;/m0../s1. The van der Waals surface area contributed by atoms with Crippen LogP contribution in [-0.4, -0.2) is 75.8 Å². The minimum Gasteiger partial charge on any atom is -0.475 e. The maximum Gasteiger partial charge on any atom is 0.490 e. The normalized spacial score (nSPS) is 16.2. The van der Waals surface area contributed by atoms with Crippen LogP contribution in [0.1, 0.15) is 42.4 Å². The molecule has 2 aromatic carbocycles. The molecule has 2 amide bonds. The van der Waals surface area contributed by atoms with Gasteiger partial charge in [0, 0.05) is 24.5 Å². The quantitative estimate of drug-likeness (QED) is 0.102. The number of amides is 2. The number of carbonyl (C=O) groups is 4. The fraction of sp³-hybridized carbons (Fsp3) is 0.312. The van der Waals surface area contributed by atoms with E-state index in [0.29, 0.717) is 18.5 Å². The molecule has 50 heavy (non-hydrogen) atoms. The van der Waals surface area contributed by atoms with E-state index in [1.807, 2.05) is 30.5 Å². The molecule has 1 fully saturated rings. The van der Waals surface area contributed by atoms with Crippen molar-refractivity contribution in [3.63, 3.8) is 0 Å². The van der Waals surface area contributed by atoms with Gasteiger partial charge < -0.3 is 31.9 Å². The average Bonchev–Trinajstić information content (AvgIpc) is 3.07. The molecule has 12 nitrogen and oxygen atoms in total. The molecule has 18 heteroatoms. The lowest BCUT2D eigenvalue weighted by atomic mass is 9.85. The topological polar surface area (TPSA) is 208 Å². The smallest absolute Gasteiger partial charge is 0.475 e. The third-order valence-corrected chi connectivity index (χ3v) is 7.07. The van der Waals surface area contributed by atoms with Gasteiger partial charge in [-0.05, 0) is 60.5 Å². The molecule has 1 aliphatic heterocycles. The van der Waals surface area contributed by atoms with E-state index in [4.69, 9.17) is 30.9 Å². The minimum absolute atomic E-state index is 0.00207. The number of halogens is 6. The van der Waals surface area contributed by atoms with Crippen molar-refractivity contribution < 1.29 is 55.7 Å². The number of hydrogen-bond donors (Lipinski definition) is 7. The summed E-state index contributed by atoms with van der Waals surface area (Å²) in [5.74, 6) is -5.66. The van der Waals surface area contributed by atoms with Gasteiger partial charge >= 0.3 is 24.3 Å². The van der Waals surface area contributed by atoms with Crippen LogP contribution in [0.2, 0.25) is 0 Å². The Labute approximate surface area is 281 Å². The van der Waals surface area contributed by atoms with Crippen molar-refractivity contribution in [2.45, 2.75) is 56.7 Å². The number of nitrogens with two attached hydrogens (primary N) is 1. The van der Waals surface area contributed by atoms with Crippen molar-refractivity contribution in [3.05, 3.63) is 89.7 Å². The van der Waals surface area contributed by atoms with E-state index in [2.05, 4.69) is 45.2 Å². The molecule has 4 rings (SSSR count). The maximum atomic E-state index is 12.9. The van der Waals surface area contributed by atoms with Crippen molar-refractivity contribution >= 4 is 29.6 Å². The molecule has 270 valence electrons. The Morgan fingerprint density at radius 3 is 1.98 bits per heavy atom. The molecule has 3 atom stereocenters. The number of carbonyl (C=O) groups excluding carboxylic acids is 2. The maximum absolute atomic E-state index is 12.9. The van der Waals surface area contributed by atoms with E-state index in [0.717, 1.165) is 29.7 Å². The second-order valence-electron chi connectivity index (χ2n) is 10.8. The third-order valence-electron chi connectivity index (χ3n) is 7.07. The Morgan fingerprint density at radius 2 is 1.50 bits per heavy atom. The van der Waals surface area contributed by atoms with Crippen LogP contribution >= 0.6 is 0 Å². The number of aromatic nitrogens is 1. The molecular formula is C32H34F6N6O6. The van der Waals surface area contributed by atoms with Crippen molar-refractivity contribution in [1.82, 2.24) is 20.9 Å².